The predicted molar refractivity (Wildman–Crippen MR) is 98.3 cm³/mol. The lowest BCUT2D eigenvalue weighted by atomic mass is 9.77. The number of hydrogen-bond acceptors (Lipinski definition) is 6. The second kappa shape index (κ2) is 6.95. The molecule has 0 atom stereocenters. The molecule has 2 aromatic rings. The normalized spacial score (nSPS) is 20.4. The van der Waals surface area contributed by atoms with E-state index in [-0.39, 0.29) is 17.3 Å². The maximum absolute atomic E-state index is 12.8. The van der Waals surface area contributed by atoms with Gasteiger partial charge in [0, 0.05) is 26.3 Å². The fourth-order valence-electron chi connectivity index (χ4n) is 3.45. The van der Waals surface area contributed by atoms with Gasteiger partial charge in [-0.25, -0.2) is 8.42 Å². The topological polar surface area (TPSA) is 107 Å². The van der Waals surface area contributed by atoms with E-state index in [9.17, 15) is 8.42 Å². The Morgan fingerprint density at radius 2 is 1.88 bits per heavy atom. The number of hydrogen-bond donors (Lipinski definition) is 1. The molecule has 10 heteroatoms. The van der Waals surface area contributed by atoms with E-state index in [1.165, 1.54) is 0 Å². The van der Waals surface area contributed by atoms with E-state index >= 15 is 0 Å². The van der Waals surface area contributed by atoms with E-state index in [1.54, 1.807) is 28.2 Å². The average Bonchev–Trinajstić information content (AvgIpc) is 3.20. The fraction of sp³-hybridized carbons (Fsp3) is 0.625. The molecule has 2 fully saturated rings. The minimum atomic E-state index is -3.49. The van der Waals surface area contributed by atoms with Crippen molar-refractivity contribution in [3.05, 3.63) is 18.1 Å². The summed E-state index contributed by atoms with van der Waals surface area (Å²) >= 11 is 0. The summed E-state index contributed by atoms with van der Waals surface area (Å²) in [6.45, 7) is 1.15. The van der Waals surface area contributed by atoms with E-state index in [1.807, 2.05) is 0 Å². The highest BCUT2D eigenvalue weighted by atomic mass is 35.5. The Kier molecular flexibility index (Phi) is 5.17. The molecule has 0 aromatic carbocycles. The van der Waals surface area contributed by atoms with Crippen LogP contribution in [-0.2, 0) is 22.6 Å². The summed E-state index contributed by atoms with van der Waals surface area (Å²) in [4.78, 5) is 4.67. The van der Waals surface area contributed by atoms with Crippen molar-refractivity contribution < 1.29 is 12.9 Å². The van der Waals surface area contributed by atoms with Crippen molar-refractivity contribution in [2.24, 2.45) is 12.8 Å². The van der Waals surface area contributed by atoms with Gasteiger partial charge in [0.15, 0.2) is 5.82 Å². The maximum Gasteiger partial charge on any atom is 0.274 e. The number of rotatable bonds is 4. The van der Waals surface area contributed by atoms with E-state index in [0.717, 1.165) is 38.5 Å². The van der Waals surface area contributed by atoms with Crippen molar-refractivity contribution in [2.75, 3.05) is 13.1 Å². The molecule has 0 amide bonds. The lowest BCUT2D eigenvalue weighted by Crippen LogP contribution is -2.44. The third-order valence-electron chi connectivity index (χ3n) is 5.27. The Balaban J connectivity index is 0.00000196. The fourth-order valence-corrected chi connectivity index (χ4v) is 5.04. The number of nitrogens with two attached hydrogens (primary N) is 1. The molecule has 0 unspecified atom stereocenters. The van der Waals surface area contributed by atoms with E-state index < -0.39 is 15.6 Å². The Labute approximate surface area is 159 Å². The molecule has 8 nitrogen and oxygen atoms in total. The monoisotopic (exact) mass is 401 g/mol. The van der Waals surface area contributed by atoms with Gasteiger partial charge in [-0.1, -0.05) is 11.6 Å². The maximum atomic E-state index is 12.8. The number of piperidine rings is 1. The molecule has 1 saturated heterocycles. The van der Waals surface area contributed by atoms with Crippen molar-refractivity contribution in [1.82, 2.24) is 19.0 Å². The molecule has 1 saturated carbocycles. The van der Waals surface area contributed by atoms with Crippen LogP contribution in [0.25, 0.3) is 11.6 Å². The lowest BCUT2D eigenvalue weighted by Gasteiger charge is -2.34. The number of nitrogens with zero attached hydrogens (tertiary/aromatic N) is 4. The Morgan fingerprint density at radius 3 is 2.50 bits per heavy atom. The molecule has 3 heterocycles. The molecule has 2 N–H and O–H groups in total. The summed E-state index contributed by atoms with van der Waals surface area (Å²) in [6.07, 6.45) is 7.24. The van der Waals surface area contributed by atoms with Gasteiger partial charge in [-0.05, 0) is 38.2 Å². The molecular weight excluding hydrogens is 378 g/mol. The first-order chi connectivity index (χ1) is 11.9. The number of sulfonamides is 1. The van der Waals surface area contributed by atoms with E-state index in [0.29, 0.717) is 30.5 Å². The second-order valence-electron chi connectivity index (χ2n) is 7.07. The standard InChI is InChI=1S/C16H23N5O3S.ClH/c1-20-11-12(25(22,23)21-8-3-2-4-9-21)10-13(20)14-18-15(19-24-14)16(17)6-5-7-16;/h10-11H,2-9,17H2,1H3;1H. The van der Waals surface area contributed by atoms with Crippen molar-refractivity contribution >= 4 is 22.4 Å². The highest BCUT2D eigenvalue weighted by Gasteiger charge is 2.39. The van der Waals surface area contributed by atoms with Crippen LogP contribution in [0.15, 0.2) is 21.7 Å². The Bertz CT molecular complexity index is 882. The summed E-state index contributed by atoms with van der Waals surface area (Å²) in [6, 6.07) is 1.60. The SMILES string of the molecule is Cl.Cn1cc(S(=O)(=O)N2CCCCC2)cc1-c1nc(C2(N)CCC2)no1. The summed E-state index contributed by atoms with van der Waals surface area (Å²) in [5.74, 6) is 0.796. The van der Waals surface area contributed by atoms with Gasteiger partial charge in [-0.3, -0.25) is 0 Å². The van der Waals surface area contributed by atoms with Gasteiger partial charge in [-0.2, -0.15) is 9.29 Å². The molecule has 0 spiro atoms. The first-order valence-electron chi connectivity index (χ1n) is 8.70. The minimum Gasteiger partial charge on any atom is -0.345 e. The number of aromatic nitrogens is 3. The van der Waals surface area contributed by atoms with Crippen LogP contribution in [0.3, 0.4) is 0 Å². The molecule has 1 aliphatic carbocycles. The van der Waals surface area contributed by atoms with Gasteiger partial charge in [0.1, 0.15) is 10.6 Å². The average molecular weight is 402 g/mol. The second-order valence-corrected chi connectivity index (χ2v) is 9.01. The molecule has 0 radical (unpaired) electrons. The van der Waals surface area contributed by atoms with Crippen LogP contribution in [0, 0.1) is 0 Å². The van der Waals surface area contributed by atoms with Crippen LogP contribution in [0.5, 0.6) is 0 Å². The van der Waals surface area contributed by atoms with Gasteiger partial charge >= 0.3 is 0 Å². The molecule has 26 heavy (non-hydrogen) atoms. The van der Waals surface area contributed by atoms with Gasteiger partial charge in [0.05, 0.1) is 5.54 Å². The third kappa shape index (κ3) is 3.17. The molecule has 144 valence electrons. The molecule has 1 aliphatic heterocycles. The zero-order chi connectivity index (χ0) is 17.7. The minimum absolute atomic E-state index is 0. The van der Waals surface area contributed by atoms with Crippen LogP contribution in [0.4, 0.5) is 0 Å². The predicted octanol–water partition coefficient (Wildman–Crippen LogP) is 2.01. The first-order valence-corrected chi connectivity index (χ1v) is 10.1. The smallest absolute Gasteiger partial charge is 0.274 e. The van der Waals surface area contributed by atoms with Crippen LogP contribution >= 0.6 is 12.4 Å². The van der Waals surface area contributed by atoms with Crippen molar-refractivity contribution in [2.45, 2.75) is 49.0 Å². The summed E-state index contributed by atoms with van der Waals surface area (Å²) in [5.41, 5.74) is 6.31. The van der Waals surface area contributed by atoms with Crippen LogP contribution < -0.4 is 5.73 Å². The summed E-state index contributed by atoms with van der Waals surface area (Å²) in [5, 5.41) is 4.00. The molecule has 0 bridgehead atoms. The van der Waals surface area contributed by atoms with Crippen LogP contribution in [0.2, 0.25) is 0 Å². The van der Waals surface area contributed by atoms with Gasteiger partial charge in [0.2, 0.25) is 10.0 Å². The van der Waals surface area contributed by atoms with Gasteiger partial charge < -0.3 is 14.8 Å². The zero-order valence-corrected chi connectivity index (χ0v) is 16.4. The number of halogens is 1. The van der Waals surface area contributed by atoms with Crippen molar-refractivity contribution in [3.63, 3.8) is 0 Å². The molecule has 4 rings (SSSR count). The third-order valence-corrected chi connectivity index (χ3v) is 7.13. The highest BCUT2D eigenvalue weighted by Crippen LogP contribution is 2.38. The van der Waals surface area contributed by atoms with E-state index in [2.05, 4.69) is 10.1 Å². The van der Waals surface area contributed by atoms with E-state index in [4.69, 9.17) is 10.3 Å². The summed E-state index contributed by atoms with van der Waals surface area (Å²) in [7, 11) is -1.72. The van der Waals surface area contributed by atoms with Crippen molar-refractivity contribution in [1.29, 1.82) is 0 Å². The quantitative estimate of drug-likeness (QED) is 0.839. The Morgan fingerprint density at radius 1 is 1.19 bits per heavy atom. The first kappa shape index (κ1) is 19.3. The zero-order valence-electron chi connectivity index (χ0n) is 14.7. The lowest BCUT2D eigenvalue weighted by molar-refractivity contribution is 0.229. The van der Waals surface area contributed by atoms with Crippen LogP contribution in [-0.4, -0.2) is 40.5 Å². The van der Waals surface area contributed by atoms with Crippen molar-refractivity contribution in [3.8, 4) is 11.6 Å². The Hall–Kier alpha value is -1.42. The molecular formula is C16H24ClN5O3S. The van der Waals surface area contributed by atoms with Gasteiger partial charge in [0.25, 0.3) is 5.89 Å². The van der Waals surface area contributed by atoms with Crippen LogP contribution in [0.1, 0.15) is 44.3 Å². The largest absolute Gasteiger partial charge is 0.345 e. The molecule has 2 aliphatic rings. The highest BCUT2D eigenvalue weighted by molar-refractivity contribution is 7.89. The number of aryl methyl sites for hydroxylation is 1. The molecule has 2 aromatic heterocycles. The summed E-state index contributed by atoms with van der Waals surface area (Å²) < 4.78 is 34.3. The van der Waals surface area contributed by atoms with Gasteiger partial charge in [-0.15, -0.1) is 12.4 Å².